The van der Waals surface area contributed by atoms with Crippen LogP contribution in [0.2, 0.25) is 0 Å². The first kappa shape index (κ1) is 14.3. The van der Waals surface area contributed by atoms with Crippen LogP contribution in [-0.4, -0.2) is 30.5 Å². The number of aromatic nitrogens is 3. The molecule has 0 bridgehead atoms. The molecule has 3 N–H and O–H groups in total. The van der Waals surface area contributed by atoms with Gasteiger partial charge in [0.2, 0.25) is 0 Å². The zero-order chi connectivity index (χ0) is 14.9. The summed E-state index contributed by atoms with van der Waals surface area (Å²) in [4.78, 5) is 29.2. The Balaban J connectivity index is 2.20. The van der Waals surface area contributed by atoms with Gasteiger partial charge in [0.05, 0.1) is 11.9 Å². The molecule has 0 aliphatic carbocycles. The number of hydrogen-bond acceptors (Lipinski definition) is 4. The SMILES string of the molecule is O=C(Nc1ccc(F)cc1F)c1cnn(P(=O)(O)O)n1. The second kappa shape index (κ2) is 5.08. The Kier molecular flexibility index (Phi) is 3.62. The fourth-order valence-corrected chi connectivity index (χ4v) is 1.66. The molecule has 2 aromatic rings. The Bertz CT molecular complexity index is 714. The van der Waals surface area contributed by atoms with Gasteiger partial charge in [-0.2, -0.15) is 5.10 Å². The molecule has 0 fully saturated rings. The summed E-state index contributed by atoms with van der Waals surface area (Å²) in [7, 11) is -4.74. The van der Waals surface area contributed by atoms with Gasteiger partial charge in [-0.05, 0) is 12.1 Å². The minimum Gasteiger partial charge on any atom is -0.318 e. The van der Waals surface area contributed by atoms with Crippen molar-refractivity contribution < 1.29 is 27.9 Å². The summed E-state index contributed by atoms with van der Waals surface area (Å²) in [5.41, 5.74) is -0.737. The number of nitrogens with one attached hydrogen (secondary N) is 1. The van der Waals surface area contributed by atoms with Gasteiger partial charge in [0.15, 0.2) is 5.69 Å². The molecule has 2 rings (SSSR count). The average Bonchev–Trinajstić information content (AvgIpc) is 2.82. The maximum Gasteiger partial charge on any atom is 0.466 e. The van der Waals surface area contributed by atoms with E-state index in [9.17, 15) is 18.1 Å². The van der Waals surface area contributed by atoms with Crippen molar-refractivity contribution in [1.82, 2.24) is 14.8 Å². The molecule has 8 nitrogen and oxygen atoms in total. The second-order valence-electron chi connectivity index (χ2n) is 3.59. The maximum atomic E-state index is 13.3. The van der Waals surface area contributed by atoms with Crippen molar-refractivity contribution in [1.29, 1.82) is 0 Å². The molecular weight excluding hydrogens is 297 g/mol. The van der Waals surface area contributed by atoms with Crippen LogP contribution >= 0.6 is 7.75 Å². The number of halogens is 2. The number of rotatable bonds is 3. The third-order valence-corrected chi connectivity index (χ3v) is 2.78. The standard InChI is InChI=1S/C9H7F2N4O4P/c10-5-1-2-7(6(11)3-5)13-9(16)8-4-12-15(14-8)20(17,18)19/h1-4H,(H,13,16)(H2,17,18,19). The number of nitrogens with zero attached hydrogens (tertiary/aromatic N) is 3. The first-order valence-electron chi connectivity index (χ1n) is 5.02. The zero-order valence-corrected chi connectivity index (χ0v) is 10.5. The fraction of sp³-hybridized carbons (Fsp3) is 0. The van der Waals surface area contributed by atoms with Crippen LogP contribution in [0.4, 0.5) is 14.5 Å². The van der Waals surface area contributed by atoms with Crippen LogP contribution in [0.1, 0.15) is 10.5 Å². The molecule has 0 aliphatic rings. The molecule has 106 valence electrons. The second-order valence-corrected chi connectivity index (χ2v) is 4.97. The van der Waals surface area contributed by atoms with E-state index < -0.39 is 31.0 Å². The first-order valence-corrected chi connectivity index (χ1v) is 6.59. The van der Waals surface area contributed by atoms with E-state index in [-0.39, 0.29) is 10.3 Å². The summed E-state index contributed by atoms with van der Waals surface area (Å²) in [5, 5.41) is 8.54. The highest BCUT2D eigenvalue weighted by molar-refractivity contribution is 7.49. The normalized spacial score (nSPS) is 11.4. The molecule has 0 saturated heterocycles. The lowest BCUT2D eigenvalue weighted by Gasteiger charge is -2.04. The average molecular weight is 304 g/mol. The van der Waals surface area contributed by atoms with E-state index in [1.165, 1.54) is 0 Å². The Morgan fingerprint density at radius 3 is 2.60 bits per heavy atom. The number of carbonyl (C=O) groups excluding carboxylic acids is 1. The topological polar surface area (TPSA) is 117 Å². The van der Waals surface area contributed by atoms with E-state index in [2.05, 4.69) is 15.5 Å². The van der Waals surface area contributed by atoms with E-state index in [0.29, 0.717) is 6.07 Å². The largest absolute Gasteiger partial charge is 0.466 e. The van der Waals surface area contributed by atoms with Crippen molar-refractivity contribution in [3.05, 3.63) is 41.7 Å². The Morgan fingerprint density at radius 1 is 1.35 bits per heavy atom. The van der Waals surface area contributed by atoms with E-state index in [4.69, 9.17) is 9.79 Å². The number of amides is 1. The van der Waals surface area contributed by atoms with Gasteiger partial charge < -0.3 is 15.1 Å². The smallest absolute Gasteiger partial charge is 0.318 e. The summed E-state index contributed by atoms with van der Waals surface area (Å²) in [6.07, 6.45) is 0.801. The third kappa shape index (κ3) is 3.05. The van der Waals surface area contributed by atoms with Crippen LogP contribution in [0.3, 0.4) is 0 Å². The van der Waals surface area contributed by atoms with Crippen molar-refractivity contribution in [3.63, 3.8) is 0 Å². The zero-order valence-electron chi connectivity index (χ0n) is 9.57. The quantitative estimate of drug-likeness (QED) is 0.720. The maximum absolute atomic E-state index is 13.3. The van der Waals surface area contributed by atoms with Crippen LogP contribution in [0.15, 0.2) is 24.4 Å². The molecule has 0 aliphatic heterocycles. The van der Waals surface area contributed by atoms with Crippen LogP contribution in [0.25, 0.3) is 0 Å². The van der Waals surface area contributed by atoms with Gasteiger partial charge in [0.1, 0.15) is 11.6 Å². The molecule has 0 atom stereocenters. The monoisotopic (exact) mass is 304 g/mol. The van der Waals surface area contributed by atoms with Gasteiger partial charge in [-0.1, -0.05) is 4.57 Å². The summed E-state index contributed by atoms with van der Waals surface area (Å²) < 4.78 is 36.9. The van der Waals surface area contributed by atoms with Crippen molar-refractivity contribution in [3.8, 4) is 0 Å². The summed E-state index contributed by atoms with van der Waals surface area (Å²) in [6, 6.07) is 2.50. The lowest BCUT2D eigenvalue weighted by Crippen LogP contribution is -2.14. The van der Waals surface area contributed by atoms with Crippen LogP contribution < -0.4 is 5.32 Å². The summed E-state index contributed by atoms with van der Waals surface area (Å²) >= 11 is 0. The lowest BCUT2D eigenvalue weighted by atomic mass is 10.3. The molecule has 11 heteroatoms. The molecule has 0 spiro atoms. The Labute approximate surface area is 110 Å². The number of carbonyl (C=O) groups is 1. The molecule has 0 radical (unpaired) electrons. The summed E-state index contributed by atoms with van der Waals surface area (Å²) in [6.45, 7) is 0. The molecule has 1 aromatic carbocycles. The molecule has 20 heavy (non-hydrogen) atoms. The predicted octanol–water partition coefficient (Wildman–Crippen LogP) is 0.749. The fourth-order valence-electron chi connectivity index (χ4n) is 1.26. The predicted molar refractivity (Wildman–Crippen MR) is 61.8 cm³/mol. The number of benzene rings is 1. The number of anilines is 1. The van der Waals surface area contributed by atoms with Gasteiger partial charge in [-0.15, -0.1) is 5.10 Å². The van der Waals surface area contributed by atoms with Crippen molar-refractivity contribution >= 4 is 19.3 Å². The van der Waals surface area contributed by atoms with E-state index in [1.807, 2.05) is 0 Å². The Morgan fingerprint density at radius 2 is 2.05 bits per heavy atom. The van der Waals surface area contributed by atoms with Gasteiger partial charge in [-0.3, -0.25) is 4.79 Å². The number of hydrogen-bond donors (Lipinski definition) is 3. The van der Waals surface area contributed by atoms with Crippen LogP contribution in [-0.2, 0) is 4.57 Å². The molecule has 1 aromatic heterocycles. The molecule has 1 heterocycles. The van der Waals surface area contributed by atoms with E-state index >= 15 is 0 Å². The van der Waals surface area contributed by atoms with Gasteiger partial charge >= 0.3 is 7.75 Å². The van der Waals surface area contributed by atoms with Crippen molar-refractivity contribution in [2.24, 2.45) is 0 Å². The highest BCUT2D eigenvalue weighted by atomic mass is 31.2. The molecule has 0 saturated carbocycles. The highest BCUT2D eigenvalue weighted by Crippen LogP contribution is 2.33. The van der Waals surface area contributed by atoms with Crippen LogP contribution in [0.5, 0.6) is 0 Å². The van der Waals surface area contributed by atoms with Crippen LogP contribution in [0, 0.1) is 11.6 Å². The minimum absolute atomic E-state index is 0.0585. The summed E-state index contributed by atoms with van der Waals surface area (Å²) in [5.74, 6) is -2.76. The Hall–Kier alpha value is -2.16. The first-order chi connectivity index (χ1) is 9.27. The third-order valence-electron chi connectivity index (χ3n) is 2.13. The van der Waals surface area contributed by atoms with Gasteiger partial charge in [-0.25, -0.2) is 13.3 Å². The highest BCUT2D eigenvalue weighted by Gasteiger charge is 2.22. The van der Waals surface area contributed by atoms with Gasteiger partial charge in [0, 0.05) is 6.07 Å². The molecule has 0 unspecified atom stereocenters. The lowest BCUT2D eigenvalue weighted by molar-refractivity contribution is 0.102. The van der Waals surface area contributed by atoms with Crippen molar-refractivity contribution in [2.45, 2.75) is 0 Å². The molecule has 1 amide bonds. The molecular formula is C9H7F2N4O4P. The van der Waals surface area contributed by atoms with E-state index in [1.54, 1.807) is 0 Å². The van der Waals surface area contributed by atoms with Gasteiger partial charge in [0.25, 0.3) is 5.91 Å². The van der Waals surface area contributed by atoms with E-state index in [0.717, 1.165) is 18.3 Å². The van der Waals surface area contributed by atoms with Crippen molar-refractivity contribution in [2.75, 3.05) is 5.32 Å². The minimum atomic E-state index is -4.74.